The number of nitrogens with zero attached hydrogens (tertiary/aromatic N) is 2. The zero-order valence-electron chi connectivity index (χ0n) is 12.6. The average molecular weight is 337 g/mol. The molecule has 0 aromatic heterocycles. The lowest BCUT2D eigenvalue weighted by Gasteiger charge is -2.24. The van der Waals surface area contributed by atoms with E-state index in [1.54, 1.807) is 0 Å². The molecule has 0 spiro atoms. The second-order valence-electron chi connectivity index (χ2n) is 5.09. The smallest absolute Gasteiger partial charge is 0.243 e. The topological polar surface area (TPSA) is 40.6 Å². The van der Waals surface area contributed by atoms with E-state index in [1.807, 2.05) is 25.9 Å². The summed E-state index contributed by atoms with van der Waals surface area (Å²) in [5, 5.41) is 0. The number of likely N-dealkylation sites (N-methyl/N-ethyl adjacent to an activating group) is 1. The predicted octanol–water partition coefficient (Wildman–Crippen LogP) is 2.53. The highest BCUT2D eigenvalue weighted by molar-refractivity contribution is 7.89. The largest absolute Gasteiger partial charge is 0.308 e. The van der Waals surface area contributed by atoms with Crippen molar-refractivity contribution in [2.75, 3.05) is 33.7 Å². The molecule has 4 nitrogen and oxygen atoms in total. The molecule has 0 saturated carbocycles. The van der Waals surface area contributed by atoms with Crippen molar-refractivity contribution in [3.63, 3.8) is 0 Å². The van der Waals surface area contributed by atoms with Gasteiger partial charge in [0.25, 0.3) is 0 Å². The fraction of sp³-hybridized carbons (Fsp3) is 0.571. The molecule has 0 radical (unpaired) electrons. The minimum atomic E-state index is -3.74. The van der Waals surface area contributed by atoms with Gasteiger partial charge in [0.05, 0.1) is 4.90 Å². The zero-order valence-corrected chi connectivity index (χ0v) is 14.2. The van der Waals surface area contributed by atoms with Crippen LogP contribution in [0.15, 0.2) is 23.1 Å². The van der Waals surface area contributed by atoms with Crippen LogP contribution in [0, 0.1) is 5.82 Å². The fourth-order valence-electron chi connectivity index (χ4n) is 1.93. The third-order valence-corrected chi connectivity index (χ3v) is 5.33. The standard InChI is InChI=1S/C14H22ClFN2O2S/c1-4-7-18(9-8-17(2)3)21(19,20)14-10-13(16)6-5-12(14)11-15/h5-6,10H,4,7-9,11H2,1-3H3. The first-order valence-electron chi connectivity index (χ1n) is 6.82. The maximum Gasteiger partial charge on any atom is 0.243 e. The van der Waals surface area contributed by atoms with E-state index in [4.69, 9.17) is 11.6 Å². The van der Waals surface area contributed by atoms with Crippen molar-refractivity contribution >= 4 is 21.6 Å². The minimum absolute atomic E-state index is 0.0302. The van der Waals surface area contributed by atoms with Crippen LogP contribution >= 0.6 is 11.6 Å². The molecule has 7 heteroatoms. The maximum atomic E-state index is 13.4. The summed E-state index contributed by atoms with van der Waals surface area (Å²) < 4.78 is 40.3. The summed E-state index contributed by atoms with van der Waals surface area (Å²) in [7, 11) is 0.0143. The normalized spacial score (nSPS) is 12.3. The number of alkyl halides is 1. The van der Waals surface area contributed by atoms with Gasteiger partial charge in [0, 0.05) is 25.5 Å². The van der Waals surface area contributed by atoms with E-state index in [9.17, 15) is 12.8 Å². The van der Waals surface area contributed by atoms with E-state index >= 15 is 0 Å². The monoisotopic (exact) mass is 336 g/mol. The summed E-state index contributed by atoms with van der Waals surface area (Å²) >= 11 is 5.79. The number of rotatable bonds is 8. The predicted molar refractivity (Wildman–Crippen MR) is 83.6 cm³/mol. The summed E-state index contributed by atoms with van der Waals surface area (Å²) in [4.78, 5) is 1.87. The van der Waals surface area contributed by atoms with Crippen molar-refractivity contribution < 1.29 is 12.8 Å². The van der Waals surface area contributed by atoms with Crippen molar-refractivity contribution in [2.45, 2.75) is 24.1 Å². The minimum Gasteiger partial charge on any atom is -0.308 e. The molecule has 0 amide bonds. The van der Waals surface area contributed by atoms with Gasteiger partial charge in [-0.25, -0.2) is 12.8 Å². The molecule has 0 fully saturated rings. The van der Waals surface area contributed by atoms with Crippen molar-refractivity contribution in [1.29, 1.82) is 0 Å². The van der Waals surface area contributed by atoms with Crippen LogP contribution in [0.3, 0.4) is 0 Å². The van der Waals surface area contributed by atoms with Gasteiger partial charge < -0.3 is 4.90 Å². The highest BCUT2D eigenvalue weighted by Gasteiger charge is 2.26. The third-order valence-electron chi connectivity index (χ3n) is 3.06. The molecule has 0 unspecified atom stereocenters. The van der Waals surface area contributed by atoms with E-state index in [2.05, 4.69) is 0 Å². The van der Waals surface area contributed by atoms with E-state index in [0.717, 1.165) is 6.07 Å². The molecular weight excluding hydrogens is 315 g/mol. The molecule has 1 aromatic carbocycles. The molecule has 1 rings (SSSR count). The first kappa shape index (κ1) is 18.4. The van der Waals surface area contributed by atoms with Crippen LogP contribution in [0.4, 0.5) is 4.39 Å². The lowest BCUT2D eigenvalue weighted by atomic mass is 10.2. The molecule has 0 atom stereocenters. The molecule has 21 heavy (non-hydrogen) atoms. The number of benzene rings is 1. The Hall–Kier alpha value is -0.690. The summed E-state index contributed by atoms with van der Waals surface area (Å²) in [6, 6.07) is 3.69. The number of hydrogen-bond acceptors (Lipinski definition) is 3. The van der Waals surface area contributed by atoms with Gasteiger partial charge in [-0.05, 0) is 38.2 Å². The van der Waals surface area contributed by atoms with Gasteiger partial charge in [-0.2, -0.15) is 4.31 Å². The van der Waals surface area contributed by atoms with Crippen LogP contribution in [0.5, 0.6) is 0 Å². The Morgan fingerprint density at radius 2 is 1.86 bits per heavy atom. The Labute approximate surface area is 131 Å². The van der Waals surface area contributed by atoms with Crippen LogP contribution in [0.1, 0.15) is 18.9 Å². The maximum absolute atomic E-state index is 13.4. The number of sulfonamides is 1. The third kappa shape index (κ3) is 4.92. The molecule has 0 saturated heterocycles. The van der Waals surface area contributed by atoms with Gasteiger partial charge in [0.1, 0.15) is 5.82 Å². The lowest BCUT2D eigenvalue weighted by molar-refractivity contribution is 0.332. The second-order valence-corrected chi connectivity index (χ2v) is 7.27. The SMILES string of the molecule is CCCN(CCN(C)C)S(=O)(=O)c1cc(F)ccc1CCl. The van der Waals surface area contributed by atoms with Crippen LogP contribution in [0.2, 0.25) is 0 Å². The Bertz CT molecular complexity index is 564. The summed E-state index contributed by atoms with van der Waals surface area (Å²) in [6.45, 7) is 3.27. The first-order valence-corrected chi connectivity index (χ1v) is 8.79. The van der Waals surface area contributed by atoms with Crippen LogP contribution in [-0.4, -0.2) is 51.4 Å². The molecule has 0 aliphatic heterocycles. The van der Waals surface area contributed by atoms with Gasteiger partial charge in [-0.15, -0.1) is 11.6 Å². The Kier molecular flexibility index (Phi) is 7.06. The van der Waals surface area contributed by atoms with Gasteiger partial charge in [-0.1, -0.05) is 13.0 Å². The van der Waals surface area contributed by atoms with E-state index < -0.39 is 15.8 Å². The van der Waals surface area contributed by atoms with Crippen molar-refractivity contribution in [2.24, 2.45) is 0 Å². The highest BCUT2D eigenvalue weighted by Crippen LogP contribution is 2.23. The van der Waals surface area contributed by atoms with Crippen LogP contribution in [0.25, 0.3) is 0 Å². The highest BCUT2D eigenvalue weighted by atomic mass is 35.5. The van der Waals surface area contributed by atoms with E-state index in [-0.39, 0.29) is 10.8 Å². The van der Waals surface area contributed by atoms with Crippen molar-refractivity contribution in [3.8, 4) is 0 Å². The molecule has 0 bridgehead atoms. The molecule has 0 heterocycles. The summed E-state index contributed by atoms with van der Waals surface area (Å²) in [5.74, 6) is -0.547. The quantitative estimate of drug-likeness (QED) is 0.685. The van der Waals surface area contributed by atoms with Crippen molar-refractivity contribution in [1.82, 2.24) is 9.21 Å². The van der Waals surface area contributed by atoms with Gasteiger partial charge in [-0.3, -0.25) is 0 Å². The lowest BCUT2D eigenvalue weighted by Crippen LogP contribution is -2.37. The van der Waals surface area contributed by atoms with E-state index in [1.165, 1.54) is 16.4 Å². The second kappa shape index (κ2) is 8.08. The van der Waals surface area contributed by atoms with Gasteiger partial charge in [0.15, 0.2) is 0 Å². The van der Waals surface area contributed by atoms with Crippen molar-refractivity contribution in [3.05, 3.63) is 29.6 Å². The Morgan fingerprint density at radius 1 is 1.19 bits per heavy atom. The zero-order chi connectivity index (χ0) is 16.0. The Morgan fingerprint density at radius 3 is 2.38 bits per heavy atom. The van der Waals surface area contributed by atoms with E-state index in [0.29, 0.717) is 31.6 Å². The number of hydrogen-bond donors (Lipinski definition) is 0. The van der Waals surface area contributed by atoms with Crippen LogP contribution in [-0.2, 0) is 15.9 Å². The molecular formula is C14H22ClFN2O2S. The Balaban J connectivity index is 3.18. The summed E-state index contributed by atoms with van der Waals surface area (Å²) in [6.07, 6.45) is 0.693. The molecule has 0 N–H and O–H groups in total. The average Bonchev–Trinajstić information content (AvgIpc) is 2.43. The van der Waals surface area contributed by atoms with Crippen LogP contribution < -0.4 is 0 Å². The fourth-order valence-corrected chi connectivity index (χ4v) is 4.00. The molecule has 1 aromatic rings. The number of halogens is 2. The van der Waals surface area contributed by atoms with Gasteiger partial charge in [0.2, 0.25) is 10.0 Å². The molecule has 0 aliphatic rings. The summed E-state index contributed by atoms with van der Waals surface area (Å²) in [5.41, 5.74) is 0.420. The first-order chi connectivity index (χ1) is 9.82. The molecule has 120 valence electrons. The molecule has 0 aliphatic carbocycles. The van der Waals surface area contributed by atoms with Gasteiger partial charge >= 0.3 is 0 Å².